The lowest BCUT2D eigenvalue weighted by Gasteiger charge is -2.32. The molecule has 1 amide bonds. The third-order valence-corrected chi connectivity index (χ3v) is 8.23. The van der Waals surface area contributed by atoms with E-state index in [1.165, 1.54) is 16.1 Å². The molecular weight excluding hydrogens is 428 g/mol. The standard InChI is InChI=1S/C21H25ClN2O3S2/c1-15-3-9-20(10-4-15)29(26,27)24-13-11-18(12-14-24)23-21(25)16(2)28-19-7-5-17(22)6-8-19/h3-10,16,18H,11-14H2,1-2H3,(H,23,25). The number of piperidine rings is 1. The Balaban J connectivity index is 1.51. The van der Waals surface area contributed by atoms with Gasteiger partial charge in [-0.05, 0) is 63.1 Å². The second-order valence-corrected chi connectivity index (χ2v) is 11.0. The van der Waals surface area contributed by atoms with Crippen LogP contribution in [0.3, 0.4) is 0 Å². The highest BCUT2D eigenvalue weighted by Crippen LogP contribution is 2.26. The van der Waals surface area contributed by atoms with Crippen LogP contribution in [0.25, 0.3) is 0 Å². The van der Waals surface area contributed by atoms with Gasteiger partial charge in [-0.3, -0.25) is 4.79 Å². The van der Waals surface area contributed by atoms with Crippen molar-refractivity contribution in [3.8, 4) is 0 Å². The summed E-state index contributed by atoms with van der Waals surface area (Å²) in [6.45, 7) is 4.60. The molecule has 0 spiro atoms. The number of aryl methyl sites for hydroxylation is 1. The van der Waals surface area contributed by atoms with Gasteiger partial charge in [0.05, 0.1) is 10.1 Å². The zero-order chi connectivity index (χ0) is 21.0. The minimum absolute atomic E-state index is 0.0137. The van der Waals surface area contributed by atoms with Crippen molar-refractivity contribution in [2.75, 3.05) is 13.1 Å². The fraction of sp³-hybridized carbons (Fsp3) is 0.381. The molecule has 0 saturated carbocycles. The second kappa shape index (κ2) is 9.51. The first-order valence-corrected chi connectivity index (χ1v) is 12.2. The van der Waals surface area contributed by atoms with Gasteiger partial charge in [0, 0.05) is 29.0 Å². The maximum Gasteiger partial charge on any atom is 0.243 e. The van der Waals surface area contributed by atoms with Gasteiger partial charge in [0.15, 0.2) is 0 Å². The minimum atomic E-state index is -3.49. The maximum atomic E-state index is 12.8. The highest BCUT2D eigenvalue weighted by atomic mass is 35.5. The van der Waals surface area contributed by atoms with Gasteiger partial charge in [-0.25, -0.2) is 8.42 Å². The minimum Gasteiger partial charge on any atom is -0.352 e. The summed E-state index contributed by atoms with van der Waals surface area (Å²) in [6.07, 6.45) is 1.21. The summed E-state index contributed by atoms with van der Waals surface area (Å²) in [5.74, 6) is -0.0372. The Kier molecular flexibility index (Phi) is 7.27. The van der Waals surface area contributed by atoms with Gasteiger partial charge in [-0.2, -0.15) is 4.31 Å². The predicted molar refractivity (Wildman–Crippen MR) is 118 cm³/mol. The van der Waals surface area contributed by atoms with E-state index in [2.05, 4.69) is 5.32 Å². The van der Waals surface area contributed by atoms with Crippen molar-refractivity contribution in [2.24, 2.45) is 0 Å². The number of carbonyl (C=O) groups is 1. The molecule has 156 valence electrons. The fourth-order valence-electron chi connectivity index (χ4n) is 3.19. The van der Waals surface area contributed by atoms with Crippen molar-refractivity contribution < 1.29 is 13.2 Å². The van der Waals surface area contributed by atoms with Crippen LogP contribution >= 0.6 is 23.4 Å². The Morgan fingerprint density at radius 1 is 1.10 bits per heavy atom. The summed E-state index contributed by atoms with van der Waals surface area (Å²) in [6, 6.07) is 14.3. The number of nitrogens with one attached hydrogen (secondary N) is 1. The zero-order valence-corrected chi connectivity index (χ0v) is 18.9. The number of amides is 1. The van der Waals surface area contributed by atoms with Crippen molar-refractivity contribution in [3.05, 3.63) is 59.1 Å². The average Bonchev–Trinajstić information content (AvgIpc) is 2.70. The van der Waals surface area contributed by atoms with E-state index in [1.807, 2.05) is 26.0 Å². The summed E-state index contributed by atoms with van der Waals surface area (Å²) in [7, 11) is -3.49. The lowest BCUT2D eigenvalue weighted by Crippen LogP contribution is -2.48. The van der Waals surface area contributed by atoms with Crippen LogP contribution in [0.1, 0.15) is 25.3 Å². The first-order valence-electron chi connectivity index (χ1n) is 9.55. The van der Waals surface area contributed by atoms with E-state index in [9.17, 15) is 13.2 Å². The lowest BCUT2D eigenvalue weighted by molar-refractivity contribution is -0.121. The van der Waals surface area contributed by atoms with Crippen LogP contribution in [0.4, 0.5) is 0 Å². The number of carbonyl (C=O) groups excluding carboxylic acids is 1. The van der Waals surface area contributed by atoms with Gasteiger partial charge >= 0.3 is 0 Å². The highest BCUT2D eigenvalue weighted by molar-refractivity contribution is 8.00. The largest absolute Gasteiger partial charge is 0.352 e. The van der Waals surface area contributed by atoms with Crippen molar-refractivity contribution in [1.29, 1.82) is 0 Å². The molecule has 0 radical (unpaired) electrons. The topological polar surface area (TPSA) is 66.5 Å². The zero-order valence-electron chi connectivity index (χ0n) is 16.5. The Hall–Kier alpha value is -1.54. The fourth-order valence-corrected chi connectivity index (χ4v) is 5.66. The molecule has 1 fully saturated rings. The number of thioether (sulfide) groups is 1. The van der Waals surface area contributed by atoms with Crippen molar-refractivity contribution >= 4 is 39.3 Å². The molecule has 1 N–H and O–H groups in total. The summed E-state index contributed by atoms with van der Waals surface area (Å²) in [5.41, 5.74) is 1.02. The average molecular weight is 453 g/mol. The molecule has 8 heteroatoms. The monoisotopic (exact) mass is 452 g/mol. The Morgan fingerprint density at radius 2 is 1.69 bits per heavy atom. The van der Waals surface area contributed by atoms with E-state index in [1.54, 1.807) is 36.4 Å². The number of benzene rings is 2. The van der Waals surface area contributed by atoms with E-state index in [0.717, 1.165) is 10.5 Å². The molecule has 1 saturated heterocycles. The molecule has 1 unspecified atom stereocenters. The molecule has 3 rings (SSSR count). The van der Waals surface area contributed by atoms with Crippen LogP contribution in [0.2, 0.25) is 5.02 Å². The van der Waals surface area contributed by atoms with Gasteiger partial charge in [-0.15, -0.1) is 11.8 Å². The van der Waals surface area contributed by atoms with E-state index in [-0.39, 0.29) is 17.2 Å². The number of halogens is 1. The van der Waals surface area contributed by atoms with Crippen molar-refractivity contribution in [1.82, 2.24) is 9.62 Å². The van der Waals surface area contributed by atoms with Crippen molar-refractivity contribution in [2.45, 2.75) is 47.8 Å². The van der Waals surface area contributed by atoms with Gasteiger partial charge in [-0.1, -0.05) is 29.3 Å². The third-order valence-electron chi connectivity index (χ3n) is 4.95. The van der Waals surface area contributed by atoms with Gasteiger partial charge < -0.3 is 5.32 Å². The van der Waals surface area contributed by atoms with Crippen LogP contribution in [0.15, 0.2) is 58.3 Å². The maximum absolute atomic E-state index is 12.8. The molecule has 29 heavy (non-hydrogen) atoms. The van der Waals surface area contributed by atoms with E-state index >= 15 is 0 Å². The molecule has 0 aliphatic carbocycles. The van der Waals surface area contributed by atoms with Crippen LogP contribution in [0, 0.1) is 6.92 Å². The first kappa shape index (κ1) is 22.2. The molecular formula is C21H25ClN2O3S2. The SMILES string of the molecule is Cc1ccc(S(=O)(=O)N2CCC(NC(=O)C(C)Sc3ccc(Cl)cc3)CC2)cc1. The van der Waals surface area contributed by atoms with Gasteiger partial charge in [0.2, 0.25) is 15.9 Å². The molecule has 1 aliphatic heterocycles. The van der Waals surface area contributed by atoms with Crippen LogP contribution in [-0.2, 0) is 14.8 Å². The van der Waals surface area contributed by atoms with Crippen LogP contribution in [0.5, 0.6) is 0 Å². The number of hydrogen-bond acceptors (Lipinski definition) is 4. The molecule has 1 heterocycles. The first-order chi connectivity index (χ1) is 13.8. The molecule has 0 bridgehead atoms. The normalized spacial score (nSPS) is 17.1. The van der Waals surface area contributed by atoms with Crippen LogP contribution < -0.4 is 5.32 Å². The molecule has 1 aliphatic rings. The predicted octanol–water partition coefficient (Wildman–Crippen LogP) is 4.10. The smallest absolute Gasteiger partial charge is 0.243 e. The second-order valence-electron chi connectivity index (χ2n) is 7.21. The molecule has 2 aromatic rings. The summed E-state index contributed by atoms with van der Waals surface area (Å²) in [4.78, 5) is 13.8. The summed E-state index contributed by atoms with van der Waals surface area (Å²) >= 11 is 7.37. The molecule has 1 atom stereocenters. The summed E-state index contributed by atoms with van der Waals surface area (Å²) in [5, 5.41) is 3.48. The van der Waals surface area contributed by atoms with Crippen LogP contribution in [-0.4, -0.2) is 43.0 Å². The molecule has 5 nitrogen and oxygen atoms in total. The van der Waals surface area contributed by atoms with E-state index in [4.69, 9.17) is 11.6 Å². The Bertz CT molecular complexity index is 939. The number of rotatable bonds is 6. The Morgan fingerprint density at radius 3 is 2.28 bits per heavy atom. The quantitative estimate of drug-likeness (QED) is 0.670. The van der Waals surface area contributed by atoms with Crippen molar-refractivity contribution in [3.63, 3.8) is 0 Å². The lowest BCUT2D eigenvalue weighted by atomic mass is 10.1. The molecule has 0 aromatic heterocycles. The number of sulfonamides is 1. The van der Waals surface area contributed by atoms with Gasteiger partial charge in [0.25, 0.3) is 0 Å². The Labute approximate surface area is 181 Å². The van der Waals surface area contributed by atoms with Gasteiger partial charge in [0.1, 0.15) is 0 Å². The summed E-state index contributed by atoms with van der Waals surface area (Å²) < 4.78 is 27.1. The van der Waals surface area contributed by atoms with E-state index < -0.39 is 10.0 Å². The number of nitrogens with zero attached hydrogens (tertiary/aromatic N) is 1. The highest BCUT2D eigenvalue weighted by Gasteiger charge is 2.30. The molecule has 2 aromatic carbocycles. The number of hydrogen-bond donors (Lipinski definition) is 1. The van der Waals surface area contributed by atoms with E-state index in [0.29, 0.717) is 35.8 Å². The third kappa shape index (κ3) is 5.75.